The zero-order chi connectivity index (χ0) is 16.1. The van der Waals surface area contributed by atoms with Gasteiger partial charge in [-0.15, -0.1) is 12.4 Å². The molecule has 0 unspecified atom stereocenters. The largest absolute Gasteiger partial charge is 0.347 e. The van der Waals surface area contributed by atoms with E-state index in [1.807, 2.05) is 13.0 Å². The van der Waals surface area contributed by atoms with E-state index in [1.165, 1.54) is 0 Å². The summed E-state index contributed by atoms with van der Waals surface area (Å²) in [6, 6.07) is 5.39. The molecule has 1 aliphatic carbocycles. The second-order valence-electron chi connectivity index (χ2n) is 5.78. The van der Waals surface area contributed by atoms with Crippen molar-refractivity contribution in [2.75, 3.05) is 18.4 Å². The Morgan fingerprint density at radius 2 is 2.09 bits per heavy atom. The first-order valence-electron chi connectivity index (χ1n) is 7.55. The van der Waals surface area contributed by atoms with Crippen molar-refractivity contribution in [3.63, 3.8) is 0 Å². The van der Waals surface area contributed by atoms with Crippen LogP contribution in [0.1, 0.15) is 24.8 Å². The van der Waals surface area contributed by atoms with Crippen LogP contribution in [0.25, 0.3) is 0 Å². The molecule has 4 N–H and O–H groups in total. The predicted molar refractivity (Wildman–Crippen MR) is 95.0 cm³/mol. The van der Waals surface area contributed by atoms with Crippen molar-refractivity contribution in [1.29, 1.82) is 0 Å². The standard InChI is InChI=1S/C16H22ClN3O2.ClH/c1-10-5-6-14(13(17)7-10)20-15(21)9-19-16(22)12-4-2-3-11(12)8-18;/h5-7,11-12H,2-4,8-9,18H2,1H3,(H,19,22)(H,20,21);1H/t11-,12-;/m1./s1. The Hall–Kier alpha value is -1.30. The third-order valence-corrected chi connectivity index (χ3v) is 4.43. The fourth-order valence-corrected chi connectivity index (χ4v) is 3.16. The first-order valence-corrected chi connectivity index (χ1v) is 7.93. The average Bonchev–Trinajstić information content (AvgIpc) is 2.96. The molecule has 0 heterocycles. The molecule has 0 saturated heterocycles. The molecule has 1 aromatic carbocycles. The van der Waals surface area contributed by atoms with Gasteiger partial charge in [-0.1, -0.05) is 24.1 Å². The number of carbonyl (C=O) groups excluding carboxylic acids is 2. The smallest absolute Gasteiger partial charge is 0.243 e. The van der Waals surface area contributed by atoms with E-state index < -0.39 is 0 Å². The van der Waals surface area contributed by atoms with Gasteiger partial charge in [-0.05, 0) is 49.9 Å². The van der Waals surface area contributed by atoms with Crippen LogP contribution < -0.4 is 16.4 Å². The van der Waals surface area contributed by atoms with Crippen molar-refractivity contribution in [2.45, 2.75) is 26.2 Å². The number of anilines is 1. The highest BCUT2D eigenvalue weighted by Crippen LogP contribution is 2.30. The highest BCUT2D eigenvalue weighted by molar-refractivity contribution is 6.33. The minimum atomic E-state index is -0.290. The third kappa shape index (κ3) is 5.37. The van der Waals surface area contributed by atoms with E-state index in [9.17, 15) is 9.59 Å². The van der Waals surface area contributed by atoms with Crippen molar-refractivity contribution in [1.82, 2.24) is 5.32 Å². The number of benzene rings is 1. The number of hydrogen-bond donors (Lipinski definition) is 3. The molecule has 2 amide bonds. The van der Waals surface area contributed by atoms with Gasteiger partial charge in [0.1, 0.15) is 0 Å². The summed E-state index contributed by atoms with van der Waals surface area (Å²) >= 11 is 6.06. The molecule has 0 radical (unpaired) electrons. The molecule has 1 fully saturated rings. The van der Waals surface area contributed by atoms with Crippen molar-refractivity contribution >= 4 is 41.5 Å². The molecule has 0 spiro atoms. The highest BCUT2D eigenvalue weighted by Gasteiger charge is 2.31. The van der Waals surface area contributed by atoms with Gasteiger partial charge in [-0.25, -0.2) is 0 Å². The number of rotatable bonds is 5. The number of nitrogens with one attached hydrogen (secondary N) is 2. The molecule has 2 rings (SSSR count). The molecule has 0 aliphatic heterocycles. The summed E-state index contributed by atoms with van der Waals surface area (Å²) in [6.07, 6.45) is 2.85. The van der Waals surface area contributed by atoms with Crippen LogP contribution in [0.2, 0.25) is 5.02 Å². The van der Waals surface area contributed by atoms with Gasteiger partial charge in [0, 0.05) is 5.92 Å². The number of carbonyl (C=O) groups is 2. The molecule has 1 saturated carbocycles. The second kappa shape index (κ2) is 9.11. The minimum Gasteiger partial charge on any atom is -0.347 e. The molecule has 7 heteroatoms. The number of halogens is 2. The Balaban J connectivity index is 0.00000264. The van der Waals surface area contributed by atoms with E-state index in [4.69, 9.17) is 17.3 Å². The van der Waals surface area contributed by atoms with Crippen molar-refractivity contribution in [3.8, 4) is 0 Å². The Bertz CT molecular complexity index is 566. The fraction of sp³-hybridized carbons (Fsp3) is 0.500. The van der Waals surface area contributed by atoms with Crippen LogP contribution in [0, 0.1) is 18.8 Å². The summed E-state index contributed by atoms with van der Waals surface area (Å²) in [7, 11) is 0. The monoisotopic (exact) mass is 359 g/mol. The lowest BCUT2D eigenvalue weighted by atomic mass is 9.95. The van der Waals surface area contributed by atoms with Crippen LogP contribution in [-0.4, -0.2) is 24.9 Å². The lowest BCUT2D eigenvalue weighted by Crippen LogP contribution is -2.39. The molecular formula is C16H23Cl2N3O2. The Morgan fingerprint density at radius 3 is 2.74 bits per heavy atom. The second-order valence-corrected chi connectivity index (χ2v) is 6.19. The van der Waals surface area contributed by atoms with Gasteiger partial charge < -0.3 is 16.4 Å². The van der Waals surface area contributed by atoms with Gasteiger partial charge in [0.2, 0.25) is 11.8 Å². The maximum Gasteiger partial charge on any atom is 0.243 e. The molecule has 2 atom stereocenters. The van der Waals surface area contributed by atoms with Crippen molar-refractivity contribution < 1.29 is 9.59 Å². The number of amides is 2. The van der Waals surface area contributed by atoms with Crippen molar-refractivity contribution in [2.24, 2.45) is 17.6 Å². The maximum absolute atomic E-state index is 12.1. The molecule has 0 bridgehead atoms. The van der Waals surface area contributed by atoms with Gasteiger partial charge in [-0.2, -0.15) is 0 Å². The van der Waals surface area contributed by atoms with Gasteiger partial charge in [0.15, 0.2) is 0 Å². The Labute approximate surface area is 147 Å². The van der Waals surface area contributed by atoms with Crippen LogP contribution >= 0.6 is 24.0 Å². The van der Waals surface area contributed by atoms with E-state index in [1.54, 1.807) is 12.1 Å². The fourth-order valence-electron chi connectivity index (χ4n) is 2.88. The number of nitrogens with two attached hydrogens (primary N) is 1. The van der Waals surface area contributed by atoms with Crippen LogP contribution in [0.5, 0.6) is 0 Å². The predicted octanol–water partition coefficient (Wildman–Crippen LogP) is 2.50. The number of aryl methyl sites for hydroxylation is 1. The summed E-state index contributed by atoms with van der Waals surface area (Å²) < 4.78 is 0. The Kier molecular flexibility index (Phi) is 7.82. The lowest BCUT2D eigenvalue weighted by Gasteiger charge is -2.17. The van der Waals surface area contributed by atoms with Crippen LogP contribution in [0.4, 0.5) is 5.69 Å². The van der Waals surface area contributed by atoms with Gasteiger partial charge in [0.25, 0.3) is 0 Å². The zero-order valence-electron chi connectivity index (χ0n) is 13.1. The van der Waals surface area contributed by atoms with Crippen molar-refractivity contribution in [3.05, 3.63) is 28.8 Å². The quantitative estimate of drug-likeness (QED) is 0.754. The van der Waals surface area contributed by atoms with Gasteiger partial charge in [0.05, 0.1) is 17.3 Å². The number of hydrogen-bond acceptors (Lipinski definition) is 3. The molecule has 1 aromatic rings. The topological polar surface area (TPSA) is 84.2 Å². The van der Waals surface area contributed by atoms with Gasteiger partial charge in [-0.3, -0.25) is 9.59 Å². The molecule has 23 heavy (non-hydrogen) atoms. The summed E-state index contributed by atoms with van der Waals surface area (Å²) in [5.41, 5.74) is 7.24. The first-order chi connectivity index (χ1) is 10.5. The molecular weight excluding hydrogens is 337 g/mol. The highest BCUT2D eigenvalue weighted by atomic mass is 35.5. The summed E-state index contributed by atoms with van der Waals surface area (Å²) in [5, 5.41) is 5.87. The van der Waals surface area contributed by atoms with Crippen LogP contribution in [-0.2, 0) is 9.59 Å². The van der Waals surface area contributed by atoms with E-state index in [0.717, 1.165) is 24.8 Å². The molecule has 0 aromatic heterocycles. The van der Waals surface area contributed by atoms with Crippen LogP contribution in [0.15, 0.2) is 18.2 Å². The Morgan fingerprint density at radius 1 is 1.35 bits per heavy atom. The summed E-state index contributed by atoms with van der Waals surface area (Å²) in [6.45, 7) is 2.38. The van der Waals surface area contributed by atoms with E-state index >= 15 is 0 Å². The zero-order valence-corrected chi connectivity index (χ0v) is 14.7. The summed E-state index contributed by atoms with van der Waals surface area (Å²) in [5.74, 6) is -0.213. The molecule has 5 nitrogen and oxygen atoms in total. The van der Waals surface area contributed by atoms with E-state index in [2.05, 4.69) is 10.6 Å². The molecule has 128 valence electrons. The average molecular weight is 360 g/mol. The third-order valence-electron chi connectivity index (χ3n) is 4.12. The van der Waals surface area contributed by atoms with E-state index in [0.29, 0.717) is 17.3 Å². The molecule has 1 aliphatic rings. The lowest BCUT2D eigenvalue weighted by molar-refractivity contribution is -0.128. The maximum atomic E-state index is 12.1. The minimum absolute atomic E-state index is 0. The van der Waals surface area contributed by atoms with Crippen LogP contribution in [0.3, 0.4) is 0 Å². The van der Waals surface area contributed by atoms with Gasteiger partial charge >= 0.3 is 0 Å². The summed E-state index contributed by atoms with van der Waals surface area (Å²) in [4.78, 5) is 24.0. The normalized spacial score (nSPS) is 19.8. The first kappa shape index (κ1) is 19.7. The van der Waals surface area contributed by atoms with E-state index in [-0.39, 0.29) is 42.6 Å². The SMILES string of the molecule is Cc1ccc(NC(=O)CNC(=O)[C@@H]2CCC[C@@H]2CN)c(Cl)c1.Cl.